The van der Waals surface area contributed by atoms with E-state index in [1.807, 2.05) is 6.92 Å². The van der Waals surface area contributed by atoms with E-state index in [1.54, 1.807) is 6.07 Å². The van der Waals surface area contributed by atoms with E-state index < -0.39 is 10.0 Å². The van der Waals surface area contributed by atoms with Crippen LogP contribution < -0.4 is 10.5 Å². The molecule has 1 aliphatic carbocycles. The van der Waals surface area contributed by atoms with Crippen LogP contribution in [0, 0.1) is 0 Å². The van der Waals surface area contributed by atoms with Gasteiger partial charge in [0, 0.05) is 24.3 Å². The van der Waals surface area contributed by atoms with Crippen molar-refractivity contribution in [3.8, 4) is 5.75 Å². The molecule has 5 nitrogen and oxygen atoms in total. The molecule has 0 heterocycles. The van der Waals surface area contributed by atoms with Crippen molar-refractivity contribution < 1.29 is 13.2 Å². The van der Waals surface area contributed by atoms with E-state index in [9.17, 15) is 8.42 Å². The first-order valence-corrected chi connectivity index (χ1v) is 7.40. The van der Waals surface area contributed by atoms with E-state index in [-0.39, 0.29) is 10.9 Å². The topological polar surface area (TPSA) is 72.6 Å². The molecule has 0 spiro atoms. The van der Waals surface area contributed by atoms with Crippen LogP contribution in [0.15, 0.2) is 23.1 Å². The van der Waals surface area contributed by atoms with Crippen LogP contribution in [0.4, 0.5) is 5.69 Å². The van der Waals surface area contributed by atoms with E-state index in [4.69, 9.17) is 10.5 Å². The molecule has 1 fully saturated rings. The Morgan fingerprint density at radius 2 is 2.11 bits per heavy atom. The highest BCUT2D eigenvalue weighted by atomic mass is 32.2. The quantitative estimate of drug-likeness (QED) is 0.822. The number of sulfonamides is 1. The molecule has 2 N–H and O–H groups in total. The Hall–Kier alpha value is -1.27. The van der Waals surface area contributed by atoms with Crippen LogP contribution in [-0.2, 0) is 10.0 Å². The van der Waals surface area contributed by atoms with Gasteiger partial charge in [-0.15, -0.1) is 0 Å². The number of hydrogen-bond acceptors (Lipinski definition) is 4. The fourth-order valence-electron chi connectivity index (χ4n) is 2.01. The summed E-state index contributed by atoms with van der Waals surface area (Å²) in [5.74, 6) is 0.300. The molecule has 0 radical (unpaired) electrons. The predicted molar refractivity (Wildman–Crippen MR) is 70.0 cm³/mol. The lowest BCUT2D eigenvalue weighted by Crippen LogP contribution is -2.33. The minimum absolute atomic E-state index is 0.141. The number of ether oxygens (including phenoxy) is 1. The molecule has 100 valence electrons. The van der Waals surface area contributed by atoms with Gasteiger partial charge in [-0.25, -0.2) is 8.42 Å². The van der Waals surface area contributed by atoms with Gasteiger partial charge in [-0.05, 0) is 25.0 Å². The van der Waals surface area contributed by atoms with Crippen molar-refractivity contribution in [2.45, 2.75) is 30.7 Å². The molecule has 0 aliphatic heterocycles. The Morgan fingerprint density at radius 3 is 2.61 bits per heavy atom. The van der Waals surface area contributed by atoms with E-state index in [1.165, 1.54) is 23.5 Å². The number of methoxy groups -OCH3 is 1. The zero-order valence-corrected chi connectivity index (χ0v) is 11.4. The lowest BCUT2D eigenvalue weighted by Gasteiger charge is -2.21. The second-order valence-corrected chi connectivity index (χ2v) is 6.21. The third-order valence-corrected chi connectivity index (χ3v) is 5.11. The Balaban J connectivity index is 2.46. The maximum atomic E-state index is 12.5. The Morgan fingerprint density at radius 1 is 1.44 bits per heavy atom. The van der Waals surface area contributed by atoms with Crippen molar-refractivity contribution in [2.24, 2.45) is 0 Å². The Kier molecular flexibility index (Phi) is 3.49. The van der Waals surface area contributed by atoms with Gasteiger partial charge in [-0.3, -0.25) is 0 Å². The van der Waals surface area contributed by atoms with Crippen LogP contribution in [0.3, 0.4) is 0 Å². The van der Waals surface area contributed by atoms with Crippen molar-refractivity contribution >= 4 is 15.7 Å². The molecule has 18 heavy (non-hydrogen) atoms. The van der Waals surface area contributed by atoms with Gasteiger partial charge in [-0.2, -0.15) is 4.31 Å². The minimum Gasteiger partial charge on any atom is -0.495 e. The van der Waals surface area contributed by atoms with Crippen LogP contribution >= 0.6 is 0 Å². The summed E-state index contributed by atoms with van der Waals surface area (Å²) in [6.45, 7) is 2.32. The Labute approximate surface area is 108 Å². The van der Waals surface area contributed by atoms with Gasteiger partial charge in [0.05, 0.1) is 7.11 Å². The normalized spacial score (nSPS) is 15.9. The van der Waals surface area contributed by atoms with Gasteiger partial charge in [0.25, 0.3) is 0 Å². The fraction of sp³-hybridized carbons (Fsp3) is 0.500. The summed E-state index contributed by atoms with van der Waals surface area (Å²) >= 11 is 0. The van der Waals surface area contributed by atoms with E-state index in [0.717, 1.165) is 12.8 Å². The van der Waals surface area contributed by atoms with Gasteiger partial charge in [0.2, 0.25) is 10.0 Å². The van der Waals surface area contributed by atoms with Crippen molar-refractivity contribution in [2.75, 3.05) is 19.4 Å². The maximum Gasteiger partial charge on any atom is 0.247 e. The molecule has 0 saturated heterocycles. The zero-order chi connectivity index (χ0) is 13.3. The summed E-state index contributed by atoms with van der Waals surface area (Å²) in [5.41, 5.74) is 6.13. The maximum absolute atomic E-state index is 12.5. The SMILES string of the molecule is CCN(C1CC1)S(=O)(=O)c1ccc(N)cc1OC. The summed E-state index contributed by atoms with van der Waals surface area (Å²) in [5, 5.41) is 0. The monoisotopic (exact) mass is 270 g/mol. The van der Waals surface area contributed by atoms with Gasteiger partial charge in [0.15, 0.2) is 0 Å². The highest BCUT2D eigenvalue weighted by molar-refractivity contribution is 7.89. The molecule has 0 unspecified atom stereocenters. The van der Waals surface area contributed by atoms with Crippen molar-refractivity contribution in [3.05, 3.63) is 18.2 Å². The van der Waals surface area contributed by atoms with Gasteiger partial charge in [-0.1, -0.05) is 6.92 Å². The predicted octanol–water partition coefficient (Wildman–Crippen LogP) is 1.45. The first-order valence-electron chi connectivity index (χ1n) is 5.96. The molecule has 0 bridgehead atoms. The molecule has 1 aliphatic rings. The second-order valence-electron chi connectivity index (χ2n) is 4.35. The van der Waals surface area contributed by atoms with Gasteiger partial charge >= 0.3 is 0 Å². The van der Waals surface area contributed by atoms with Crippen LogP contribution in [-0.4, -0.2) is 32.4 Å². The fourth-order valence-corrected chi connectivity index (χ4v) is 3.84. The number of hydrogen-bond donors (Lipinski definition) is 1. The zero-order valence-electron chi connectivity index (χ0n) is 10.6. The smallest absolute Gasteiger partial charge is 0.247 e. The first kappa shape index (κ1) is 13.2. The van der Waals surface area contributed by atoms with E-state index in [2.05, 4.69) is 0 Å². The van der Waals surface area contributed by atoms with Crippen LogP contribution in [0.1, 0.15) is 19.8 Å². The lowest BCUT2D eigenvalue weighted by atomic mass is 10.3. The molecule has 6 heteroatoms. The largest absolute Gasteiger partial charge is 0.495 e. The minimum atomic E-state index is -3.49. The summed E-state index contributed by atoms with van der Waals surface area (Å²) in [4.78, 5) is 0.188. The van der Waals surface area contributed by atoms with Crippen LogP contribution in [0.25, 0.3) is 0 Å². The number of benzene rings is 1. The van der Waals surface area contributed by atoms with Crippen LogP contribution in [0.5, 0.6) is 5.75 Å². The first-order chi connectivity index (χ1) is 8.50. The highest BCUT2D eigenvalue weighted by Crippen LogP contribution is 2.35. The third kappa shape index (κ3) is 2.30. The third-order valence-electron chi connectivity index (χ3n) is 3.04. The van der Waals surface area contributed by atoms with E-state index >= 15 is 0 Å². The molecule has 0 amide bonds. The summed E-state index contributed by atoms with van der Waals surface area (Å²) in [6.07, 6.45) is 1.87. The van der Waals surface area contributed by atoms with Crippen molar-refractivity contribution in [1.82, 2.24) is 4.31 Å². The van der Waals surface area contributed by atoms with Crippen molar-refractivity contribution in [1.29, 1.82) is 0 Å². The summed E-state index contributed by atoms with van der Waals surface area (Å²) < 4.78 is 31.7. The van der Waals surface area contributed by atoms with Gasteiger partial charge < -0.3 is 10.5 Å². The molecule has 2 rings (SSSR count). The van der Waals surface area contributed by atoms with E-state index in [0.29, 0.717) is 18.0 Å². The number of nitrogens with zero attached hydrogens (tertiary/aromatic N) is 1. The highest BCUT2D eigenvalue weighted by Gasteiger charge is 2.38. The molecule has 0 atom stereocenters. The molecule has 1 aromatic carbocycles. The molecular weight excluding hydrogens is 252 g/mol. The number of nitrogen functional groups attached to an aromatic ring is 1. The lowest BCUT2D eigenvalue weighted by molar-refractivity contribution is 0.391. The number of anilines is 1. The van der Waals surface area contributed by atoms with Crippen LogP contribution in [0.2, 0.25) is 0 Å². The van der Waals surface area contributed by atoms with Gasteiger partial charge in [0.1, 0.15) is 10.6 Å². The van der Waals surface area contributed by atoms with Crippen molar-refractivity contribution in [3.63, 3.8) is 0 Å². The average Bonchev–Trinajstić information content (AvgIpc) is 3.13. The number of nitrogens with two attached hydrogens (primary N) is 1. The summed E-state index contributed by atoms with van der Waals surface area (Å²) in [6, 6.07) is 4.76. The second kappa shape index (κ2) is 4.78. The average molecular weight is 270 g/mol. The standard InChI is InChI=1S/C12H18N2O3S/c1-3-14(10-5-6-10)18(15,16)12-7-4-9(13)8-11(12)17-2/h4,7-8,10H,3,5-6,13H2,1-2H3. The molecule has 1 aromatic rings. The molecular formula is C12H18N2O3S. The molecule has 1 saturated carbocycles. The Bertz CT molecular complexity index is 538. The molecule has 0 aromatic heterocycles. The summed E-state index contributed by atoms with van der Waals surface area (Å²) in [7, 11) is -2.05. The number of rotatable bonds is 5.